The minimum atomic E-state index is -0.372. The summed E-state index contributed by atoms with van der Waals surface area (Å²) < 4.78 is 18.2. The summed E-state index contributed by atoms with van der Waals surface area (Å²) in [7, 11) is 1.47. The molecule has 0 heterocycles. The van der Waals surface area contributed by atoms with Gasteiger partial charge in [-0.25, -0.2) is 4.39 Å². The molecule has 0 bridgehead atoms. The van der Waals surface area contributed by atoms with Crippen molar-refractivity contribution in [1.82, 2.24) is 0 Å². The first-order valence-corrected chi connectivity index (χ1v) is 6.67. The Morgan fingerprint density at radius 2 is 2.11 bits per heavy atom. The summed E-state index contributed by atoms with van der Waals surface area (Å²) in [5.41, 5.74) is 0.253. The Kier molecular flexibility index (Phi) is 2.77. The first-order chi connectivity index (χ1) is 9.01. The molecule has 0 radical (unpaired) electrons. The second-order valence-corrected chi connectivity index (χ2v) is 6.02. The number of nitrogens with one attached hydrogen (secondary N) is 1. The zero-order valence-electron chi connectivity index (χ0n) is 11.2. The molecule has 2 aliphatic rings. The van der Waals surface area contributed by atoms with Gasteiger partial charge in [-0.3, -0.25) is 4.79 Å². The molecule has 0 spiro atoms. The molecule has 3 nitrogen and oxygen atoms in total. The Labute approximate surface area is 112 Å². The largest absolute Gasteiger partial charge is 0.494 e. The van der Waals surface area contributed by atoms with Gasteiger partial charge < -0.3 is 10.1 Å². The zero-order valence-corrected chi connectivity index (χ0v) is 11.2. The van der Waals surface area contributed by atoms with E-state index in [0.717, 1.165) is 24.7 Å². The maximum absolute atomic E-state index is 13.1. The van der Waals surface area contributed by atoms with E-state index >= 15 is 0 Å². The monoisotopic (exact) mass is 263 g/mol. The van der Waals surface area contributed by atoms with Crippen LogP contribution < -0.4 is 10.1 Å². The van der Waals surface area contributed by atoms with E-state index in [4.69, 9.17) is 4.74 Å². The van der Waals surface area contributed by atoms with E-state index in [9.17, 15) is 9.18 Å². The van der Waals surface area contributed by atoms with Gasteiger partial charge in [0, 0.05) is 11.5 Å². The molecule has 0 aromatic heterocycles. The molecular weight excluding hydrogens is 245 g/mol. The van der Waals surface area contributed by atoms with E-state index < -0.39 is 0 Å². The average molecular weight is 263 g/mol. The van der Waals surface area contributed by atoms with E-state index in [1.165, 1.54) is 25.7 Å². The minimum Gasteiger partial charge on any atom is -0.494 e. The molecule has 2 fully saturated rings. The molecule has 3 rings (SSSR count). The second kappa shape index (κ2) is 4.22. The first kappa shape index (κ1) is 12.5. The molecule has 0 aliphatic heterocycles. The van der Waals surface area contributed by atoms with E-state index in [0.29, 0.717) is 11.4 Å². The standard InChI is InChI=1S/C15H18FNO2/c1-15(7-9-5-10(9)8-15)14(18)17-12-4-3-11(16)6-13(12)19-2/h3-4,6,9-10H,5,7-8H2,1-2H3,(H,17,18). The maximum atomic E-state index is 13.1. The Hall–Kier alpha value is -1.58. The quantitative estimate of drug-likeness (QED) is 0.909. The summed E-state index contributed by atoms with van der Waals surface area (Å²) in [5.74, 6) is 1.49. The highest BCUT2D eigenvalue weighted by atomic mass is 19.1. The number of carbonyl (C=O) groups is 1. The van der Waals surface area contributed by atoms with E-state index in [-0.39, 0.29) is 17.1 Å². The van der Waals surface area contributed by atoms with Gasteiger partial charge in [0.25, 0.3) is 0 Å². The molecular formula is C15H18FNO2. The van der Waals surface area contributed by atoms with Crippen LogP contribution in [0, 0.1) is 23.1 Å². The number of fused-ring (bicyclic) bond motifs is 1. The third-order valence-corrected chi connectivity index (χ3v) is 4.45. The highest BCUT2D eigenvalue weighted by Gasteiger charge is 2.54. The molecule has 0 saturated heterocycles. The predicted octanol–water partition coefficient (Wildman–Crippen LogP) is 3.21. The molecule has 4 heteroatoms. The fraction of sp³-hybridized carbons (Fsp3) is 0.533. The van der Waals surface area contributed by atoms with Crippen LogP contribution in [-0.4, -0.2) is 13.0 Å². The molecule has 1 aromatic rings. The number of anilines is 1. The summed E-state index contributed by atoms with van der Waals surface area (Å²) in [6, 6.07) is 4.15. The molecule has 1 amide bonds. The van der Waals surface area contributed by atoms with E-state index in [1.54, 1.807) is 6.07 Å². The van der Waals surface area contributed by atoms with Crippen LogP contribution in [0.5, 0.6) is 5.75 Å². The van der Waals surface area contributed by atoms with Crippen LogP contribution in [-0.2, 0) is 4.79 Å². The Morgan fingerprint density at radius 3 is 2.74 bits per heavy atom. The third-order valence-electron chi connectivity index (χ3n) is 4.45. The highest BCUT2D eigenvalue weighted by Crippen LogP contribution is 2.60. The number of methoxy groups -OCH3 is 1. The van der Waals surface area contributed by atoms with Gasteiger partial charge in [0.15, 0.2) is 0 Å². The first-order valence-electron chi connectivity index (χ1n) is 6.67. The Balaban J connectivity index is 1.76. The van der Waals surface area contributed by atoms with Gasteiger partial charge in [0.2, 0.25) is 5.91 Å². The van der Waals surface area contributed by atoms with Crippen molar-refractivity contribution in [2.45, 2.75) is 26.2 Å². The molecule has 2 saturated carbocycles. The molecule has 2 atom stereocenters. The predicted molar refractivity (Wildman–Crippen MR) is 70.5 cm³/mol. The van der Waals surface area contributed by atoms with Gasteiger partial charge in [-0.05, 0) is 43.2 Å². The van der Waals surface area contributed by atoms with Gasteiger partial charge in [0.05, 0.1) is 12.8 Å². The van der Waals surface area contributed by atoms with E-state index in [2.05, 4.69) is 5.32 Å². The van der Waals surface area contributed by atoms with Gasteiger partial charge in [-0.15, -0.1) is 0 Å². The topological polar surface area (TPSA) is 38.3 Å². The van der Waals surface area contributed by atoms with Gasteiger partial charge >= 0.3 is 0 Å². The van der Waals surface area contributed by atoms with Crippen molar-refractivity contribution < 1.29 is 13.9 Å². The number of hydrogen-bond donors (Lipinski definition) is 1. The highest BCUT2D eigenvalue weighted by molar-refractivity contribution is 5.96. The summed E-state index contributed by atoms with van der Waals surface area (Å²) >= 11 is 0. The Morgan fingerprint density at radius 1 is 1.42 bits per heavy atom. The average Bonchev–Trinajstić information content (AvgIpc) is 2.99. The van der Waals surface area contributed by atoms with Crippen LogP contribution in [0.1, 0.15) is 26.2 Å². The lowest BCUT2D eigenvalue weighted by Crippen LogP contribution is -2.32. The second-order valence-electron chi connectivity index (χ2n) is 6.02. The van der Waals surface area contributed by atoms with Crippen molar-refractivity contribution >= 4 is 11.6 Å². The smallest absolute Gasteiger partial charge is 0.230 e. The summed E-state index contributed by atoms with van der Waals surface area (Å²) in [4.78, 5) is 12.4. The van der Waals surface area contributed by atoms with Crippen molar-refractivity contribution in [3.8, 4) is 5.75 Å². The number of hydrogen-bond acceptors (Lipinski definition) is 2. The maximum Gasteiger partial charge on any atom is 0.230 e. The van der Waals surface area contributed by atoms with Crippen LogP contribution in [0.3, 0.4) is 0 Å². The summed E-state index contributed by atoms with van der Waals surface area (Å²) in [6.45, 7) is 2.02. The fourth-order valence-electron chi connectivity index (χ4n) is 3.28. The zero-order chi connectivity index (χ0) is 13.6. The molecule has 19 heavy (non-hydrogen) atoms. The summed E-state index contributed by atoms with van der Waals surface area (Å²) in [6.07, 6.45) is 3.21. The number of carbonyl (C=O) groups excluding carboxylic acids is 1. The lowest BCUT2D eigenvalue weighted by atomic mass is 9.84. The molecule has 1 N–H and O–H groups in total. The number of amides is 1. The minimum absolute atomic E-state index is 0.0182. The van der Waals surface area contributed by atoms with Crippen molar-refractivity contribution in [2.24, 2.45) is 17.3 Å². The Bertz CT molecular complexity index is 519. The molecule has 102 valence electrons. The van der Waals surface area contributed by atoms with Crippen LogP contribution in [0.2, 0.25) is 0 Å². The van der Waals surface area contributed by atoms with Crippen molar-refractivity contribution in [2.75, 3.05) is 12.4 Å². The number of rotatable bonds is 3. The van der Waals surface area contributed by atoms with Gasteiger partial charge in [0.1, 0.15) is 11.6 Å². The number of ether oxygens (including phenoxy) is 1. The summed E-state index contributed by atoms with van der Waals surface area (Å²) in [5, 5.41) is 2.88. The lowest BCUT2D eigenvalue weighted by Gasteiger charge is -2.25. The normalized spacial score (nSPS) is 31.7. The van der Waals surface area contributed by atoms with Crippen LogP contribution in [0.4, 0.5) is 10.1 Å². The van der Waals surface area contributed by atoms with Crippen LogP contribution >= 0.6 is 0 Å². The van der Waals surface area contributed by atoms with Crippen LogP contribution in [0.15, 0.2) is 18.2 Å². The van der Waals surface area contributed by atoms with E-state index in [1.807, 2.05) is 6.92 Å². The van der Waals surface area contributed by atoms with Crippen molar-refractivity contribution in [3.63, 3.8) is 0 Å². The molecule has 2 unspecified atom stereocenters. The van der Waals surface area contributed by atoms with Crippen molar-refractivity contribution in [3.05, 3.63) is 24.0 Å². The SMILES string of the molecule is COc1cc(F)ccc1NC(=O)C1(C)CC2CC2C1. The van der Waals surface area contributed by atoms with Crippen LogP contribution in [0.25, 0.3) is 0 Å². The van der Waals surface area contributed by atoms with Gasteiger partial charge in [-0.1, -0.05) is 6.92 Å². The third kappa shape index (κ3) is 2.20. The molecule has 1 aromatic carbocycles. The molecule has 2 aliphatic carbocycles. The number of halogens is 1. The fourth-order valence-corrected chi connectivity index (χ4v) is 3.28. The number of benzene rings is 1. The lowest BCUT2D eigenvalue weighted by molar-refractivity contribution is -0.125. The van der Waals surface area contributed by atoms with Gasteiger partial charge in [-0.2, -0.15) is 0 Å². The van der Waals surface area contributed by atoms with Crippen molar-refractivity contribution in [1.29, 1.82) is 0 Å².